The number of likely N-dealkylation sites (N-methyl/N-ethyl adjacent to an activating group) is 1. The summed E-state index contributed by atoms with van der Waals surface area (Å²) in [6.07, 6.45) is 4.86. The number of hydrogen-bond acceptors (Lipinski definition) is 8. The van der Waals surface area contributed by atoms with Gasteiger partial charge in [-0.1, -0.05) is 18.5 Å². The van der Waals surface area contributed by atoms with Gasteiger partial charge in [0, 0.05) is 62.9 Å². The zero-order valence-electron chi connectivity index (χ0n) is 22.4. The van der Waals surface area contributed by atoms with Gasteiger partial charge in [0.2, 0.25) is 5.95 Å². The second-order valence-corrected chi connectivity index (χ2v) is 9.46. The summed E-state index contributed by atoms with van der Waals surface area (Å²) in [5, 5.41) is 6.40. The molecule has 38 heavy (non-hydrogen) atoms. The molecule has 1 aromatic heterocycles. The van der Waals surface area contributed by atoms with Crippen LogP contribution in [-0.4, -0.2) is 74.8 Å². The van der Waals surface area contributed by atoms with Crippen molar-refractivity contribution in [1.29, 1.82) is 0 Å². The fourth-order valence-corrected chi connectivity index (χ4v) is 4.82. The number of anilines is 3. The highest BCUT2D eigenvalue weighted by atomic mass is 35.5. The third kappa shape index (κ3) is 6.46. The Hall–Kier alpha value is -3.56. The van der Waals surface area contributed by atoms with E-state index in [0.29, 0.717) is 35.1 Å². The minimum absolute atomic E-state index is 0.191. The number of carbonyl (C=O) groups excluding carboxylic acids is 1. The lowest BCUT2D eigenvalue weighted by atomic mass is 10.0. The topological polar surface area (TPSA) is 91.9 Å². The van der Waals surface area contributed by atoms with Crippen molar-refractivity contribution in [2.75, 3.05) is 64.2 Å². The van der Waals surface area contributed by atoms with E-state index in [4.69, 9.17) is 21.1 Å². The van der Waals surface area contributed by atoms with Gasteiger partial charge in [-0.25, -0.2) is 9.97 Å². The van der Waals surface area contributed by atoms with Crippen molar-refractivity contribution in [3.05, 3.63) is 64.4 Å². The van der Waals surface area contributed by atoms with E-state index in [0.717, 1.165) is 61.0 Å². The molecule has 0 spiro atoms. The van der Waals surface area contributed by atoms with Crippen molar-refractivity contribution in [3.8, 4) is 11.5 Å². The molecule has 2 heterocycles. The van der Waals surface area contributed by atoms with Crippen LogP contribution in [0.15, 0.2) is 42.7 Å². The lowest BCUT2D eigenvalue weighted by Crippen LogP contribution is -2.46. The van der Waals surface area contributed by atoms with Crippen molar-refractivity contribution in [2.45, 2.75) is 19.8 Å². The average Bonchev–Trinajstić information content (AvgIpc) is 2.97. The predicted octanol–water partition coefficient (Wildman–Crippen LogP) is 4.18. The molecule has 1 fully saturated rings. The number of methoxy groups -OCH3 is 2. The van der Waals surface area contributed by atoms with Gasteiger partial charge in [0.05, 0.1) is 24.9 Å². The Balaban J connectivity index is 1.40. The van der Waals surface area contributed by atoms with Gasteiger partial charge in [-0.3, -0.25) is 4.79 Å². The summed E-state index contributed by atoms with van der Waals surface area (Å²) in [6, 6.07) is 9.52. The van der Waals surface area contributed by atoms with Gasteiger partial charge in [-0.05, 0) is 54.8 Å². The number of ether oxygens (including phenoxy) is 2. The quantitative estimate of drug-likeness (QED) is 0.397. The molecule has 1 amide bonds. The van der Waals surface area contributed by atoms with Crippen LogP contribution in [0.5, 0.6) is 11.5 Å². The Morgan fingerprint density at radius 1 is 1.00 bits per heavy atom. The molecule has 2 N–H and O–H groups in total. The van der Waals surface area contributed by atoms with E-state index in [-0.39, 0.29) is 5.91 Å². The predicted molar refractivity (Wildman–Crippen MR) is 151 cm³/mol. The van der Waals surface area contributed by atoms with Crippen LogP contribution < -0.4 is 25.0 Å². The number of nitrogens with one attached hydrogen (secondary N) is 2. The third-order valence-electron chi connectivity index (χ3n) is 6.81. The molecule has 1 aliphatic heterocycles. The van der Waals surface area contributed by atoms with Crippen molar-refractivity contribution in [1.82, 2.24) is 20.2 Å². The number of hydrogen-bond donors (Lipinski definition) is 2. The minimum atomic E-state index is -0.191. The number of aryl methyl sites for hydroxylation is 2. The van der Waals surface area contributed by atoms with E-state index in [1.165, 1.54) is 7.11 Å². The molecule has 0 aliphatic carbocycles. The van der Waals surface area contributed by atoms with E-state index in [2.05, 4.69) is 43.4 Å². The lowest BCUT2D eigenvalue weighted by Gasteiger charge is -2.36. The average molecular weight is 539 g/mol. The summed E-state index contributed by atoms with van der Waals surface area (Å²) < 4.78 is 11.1. The highest BCUT2D eigenvalue weighted by Crippen LogP contribution is 2.33. The van der Waals surface area contributed by atoms with Crippen molar-refractivity contribution in [2.24, 2.45) is 0 Å². The van der Waals surface area contributed by atoms with E-state index in [1.807, 2.05) is 12.1 Å². The lowest BCUT2D eigenvalue weighted by molar-refractivity contribution is 0.0962. The summed E-state index contributed by atoms with van der Waals surface area (Å²) >= 11 is 6.50. The molecule has 0 radical (unpaired) electrons. The number of rotatable bonds is 10. The second-order valence-electron chi connectivity index (χ2n) is 9.08. The molecule has 202 valence electrons. The van der Waals surface area contributed by atoms with Crippen molar-refractivity contribution in [3.63, 3.8) is 0 Å². The SMILES string of the molecule is CCN1CCN(c2ccc(Nc3ncc(CCc4cc(C(=O)NC)cc(OC)c4Cl)cn3)cc2OC)CC1. The van der Waals surface area contributed by atoms with E-state index in [1.54, 1.807) is 38.7 Å². The van der Waals surface area contributed by atoms with Gasteiger partial charge in [-0.2, -0.15) is 0 Å². The molecule has 3 aromatic rings. The van der Waals surface area contributed by atoms with Gasteiger partial charge in [0.1, 0.15) is 11.5 Å². The fourth-order valence-electron chi connectivity index (χ4n) is 4.54. The number of halogens is 1. The van der Waals surface area contributed by atoms with Gasteiger partial charge in [-0.15, -0.1) is 0 Å². The van der Waals surface area contributed by atoms with Crippen molar-refractivity contribution >= 4 is 34.8 Å². The van der Waals surface area contributed by atoms with Crippen LogP contribution in [0.4, 0.5) is 17.3 Å². The molecule has 0 unspecified atom stereocenters. The smallest absolute Gasteiger partial charge is 0.251 e. The van der Waals surface area contributed by atoms with Gasteiger partial charge in [0.25, 0.3) is 5.91 Å². The number of piperazine rings is 1. The summed E-state index contributed by atoms with van der Waals surface area (Å²) in [5.74, 6) is 1.61. The molecule has 9 nitrogen and oxygen atoms in total. The van der Waals surface area contributed by atoms with Crippen LogP contribution in [0, 0.1) is 0 Å². The van der Waals surface area contributed by atoms with Crippen molar-refractivity contribution < 1.29 is 14.3 Å². The largest absolute Gasteiger partial charge is 0.495 e. The zero-order valence-corrected chi connectivity index (χ0v) is 23.1. The zero-order chi connectivity index (χ0) is 27.1. The number of amides is 1. The summed E-state index contributed by atoms with van der Waals surface area (Å²) in [4.78, 5) is 25.9. The maximum absolute atomic E-state index is 12.1. The molecule has 0 atom stereocenters. The van der Waals surface area contributed by atoms with Crippen LogP contribution in [0.3, 0.4) is 0 Å². The Labute approximate surface area is 229 Å². The number of nitrogens with zero attached hydrogens (tertiary/aromatic N) is 4. The molecule has 1 aliphatic rings. The van der Waals surface area contributed by atoms with Gasteiger partial charge < -0.3 is 29.9 Å². The van der Waals surface area contributed by atoms with Gasteiger partial charge >= 0.3 is 0 Å². The van der Waals surface area contributed by atoms with Crippen LogP contribution in [0.25, 0.3) is 0 Å². The Kier molecular flexibility index (Phi) is 9.25. The first-order valence-electron chi connectivity index (χ1n) is 12.8. The molecule has 1 saturated heterocycles. The van der Waals surface area contributed by atoms with E-state index >= 15 is 0 Å². The summed E-state index contributed by atoms with van der Waals surface area (Å²) in [7, 11) is 4.83. The highest BCUT2D eigenvalue weighted by molar-refractivity contribution is 6.33. The maximum Gasteiger partial charge on any atom is 0.251 e. The molecule has 0 saturated carbocycles. The van der Waals surface area contributed by atoms with Crippen LogP contribution >= 0.6 is 11.6 Å². The number of aromatic nitrogens is 2. The minimum Gasteiger partial charge on any atom is -0.495 e. The normalized spacial score (nSPS) is 13.8. The first-order chi connectivity index (χ1) is 18.4. The Morgan fingerprint density at radius 2 is 1.71 bits per heavy atom. The maximum atomic E-state index is 12.1. The number of carbonyl (C=O) groups is 1. The molecule has 2 aromatic carbocycles. The van der Waals surface area contributed by atoms with E-state index < -0.39 is 0 Å². The summed E-state index contributed by atoms with van der Waals surface area (Å²) in [6.45, 7) is 7.36. The second kappa shape index (κ2) is 12.8. The van der Waals surface area contributed by atoms with Crippen LogP contribution in [0.1, 0.15) is 28.4 Å². The van der Waals surface area contributed by atoms with E-state index in [9.17, 15) is 4.79 Å². The van der Waals surface area contributed by atoms with Crippen LogP contribution in [0.2, 0.25) is 5.02 Å². The number of benzene rings is 2. The molecule has 10 heteroatoms. The Bertz CT molecular complexity index is 1250. The Morgan fingerprint density at radius 3 is 2.34 bits per heavy atom. The molecule has 0 bridgehead atoms. The van der Waals surface area contributed by atoms with Gasteiger partial charge in [0.15, 0.2) is 0 Å². The monoisotopic (exact) mass is 538 g/mol. The third-order valence-corrected chi connectivity index (χ3v) is 7.24. The molecule has 4 rings (SSSR count). The highest BCUT2D eigenvalue weighted by Gasteiger charge is 2.19. The summed E-state index contributed by atoms with van der Waals surface area (Å²) in [5.41, 5.74) is 4.24. The molecular weight excluding hydrogens is 504 g/mol. The van der Waals surface area contributed by atoms with Crippen LogP contribution in [-0.2, 0) is 12.8 Å². The first-order valence-corrected chi connectivity index (χ1v) is 13.1. The molecular formula is C28H35ClN6O3. The first kappa shape index (κ1) is 27.5. The standard InChI is InChI=1S/C28H35ClN6O3/c1-5-34-10-12-35(13-11-34)23-9-8-22(16-24(23)37-3)33-28-31-17-19(18-32-28)6-7-20-14-21(27(36)30-2)15-25(38-4)26(20)29/h8-9,14-18H,5-7,10-13H2,1-4H3,(H,30,36)(H,31,32,33). The fraction of sp³-hybridized carbons (Fsp3) is 0.393.